The van der Waals surface area contributed by atoms with E-state index in [0.717, 1.165) is 80.9 Å². The zero-order chi connectivity index (χ0) is 31.4. The Morgan fingerprint density at radius 2 is 0.750 bits per heavy atom. The third-order valence-electron chi connectivity index (χ3n) is 11.2. The van der Waals surface area contributed by atoms with E-state index in [9.17, 15) is 25.9 Å². The van der Waals surface area contributed by atoms with E-state index in [-0.39, 0.29) is 11.8 Å². The molecule has 6 atom stereocenters. The van der Waals surface area contributed by atoms with Crippen LogP contribution in [0.4, 0.5) is 0 Å². The standard InChI is InChI=1S/C32H60O8P2S2/c33-43(34,35)39-29(25-13-5-1-6-14-25)23-31(27-17-9-3-10-18-27)41-21-22-42-32(28-19-11-4-12-20-28)24-30(40-44(36,37)38)26-15-7-2-8-16-26/h25-32,41-42H,1-24H2,(H,33,34,35)(H,36,37,38)/t29-,30-,31+,32+/m0/s1. The first-order chi connectivity index (χ1) is 21.1. The molecular formula is C32H60O8P2S2. The summed E-state index contributed by atoms with van der Waals surface area (Å²) in [6.07, 6.45) is 25.7. The molecule has 4 aliphatic carbocycles. The first-order valence-corrected chi connectivity index (χ1v) is 23.2. The molecule has 0 bridgehead atoms. The highest BCUT2D eigenvalue weighted by Crippen LogP contribution is 2.45. The molecule has 0 heterocycles. The lowest BCUT2D eigenvalue weighted by Gasteiger charge is -2.37. The predicted octanol–water partition coefficient (Wildman–Crippen LogP) is 8.56. The van der Waals surface area contributed by atoms with Crippen LogP contribution in [0.5, 0.6) is 0 Å². The maximum absolute atomic E-state index is 11.9. The Kier molecular flexibility index (Phi) is 16.1. The molecule has 8 nitrogen and oxygen atoms in total. The van der Waals surface area contributed by atoms with E-state index in [1.165, 1.54) is 77.0 Å². The first kappa shape index (κ1) is 37.4. The number of hydrogen-bond acceptors (Lipinski definition) is 6. The Morgan fingerprint density at radius 1 is 0.477 bits per heavy atom. The van der Waals surface area contributed by atoms with Gasteiger partial charge in [-0.1, -0.05) is 77.0 Å². The van der Waals surface area contributed by atoms with Gasteiger partial charge in [0.1, 0.15) is 0 Å². The minimum Gasteiger partial charge on any atom is -0.264 e. The molecule has 0 aromatic heterocycles. The minimum absolute atomic E-state index is 0.193. The summed E-state index contributed by atoms with van der Waals surface area (Å²) in [4.78, 5) is 0. The summed E-state index contributed by atoms with van der Waals surface area (Å²) >= 11 is 0. The van der Waals surface area contributed by atoms with Crippen molar-refractivity contribution in [2.24, 2.45) is 23.7 Å². The van der Waals surface area contributed by atoms with Crippen molar-refractivity contribution in [1.82, 2.24) is 0 Å². The van der Waals surface area contributed by atoms with Gasteiger partial charge in [0, 0.05) is 0 Å². The van der Waals surface area contributed by atoms with Crippen molar-refractivity contribution in [3.63, 3.8) is 0 Å². The van der Waals surface area contributed by atoms with Gasteiger partial charge in [0.2, 0.25) is 0 Å². The van der Waals surface area contributed by atoms with Gasteiger partial charge < -0.3 is 0 Å². The Labute approximate surface area is 272 Å². The van der Waals surface area contributed by atoms with Gasteiger partial charge in [-0.3, -0.25) is 9.11 Å². The maximum atomic E-state index is 11.9. The molecule has 44 heavy (non-hydrogen) atoms. The molecule has 0 saturated heterocycles. The van der Waals surface area contributed by atoms with Crippen molar-refractivity contribution in [2.75, 3.05) is 12.3 Å². The lowest BCUT2D eigenvalue weighted by Crippen LogP contribution is -2.34. The lowest BCUT2D eigenvalue weighted by molar-refractivity contribution is 0.0853. The largest absolute Gasteiger partial charge is 0.397 e. The Balaban J connectivity index is 1.41. The van der Waals surface area contributed by atoms with Gasteiger partial charge in [0.25, 0.3) is 0 Å². The zero-order valence-corrected chi connectivity index (χ0v) is 30.4. The summed E-state index contributed by atoms with van der Waals surface area (Å²) in [5, 5.41) is 0. The van der Waals surface area contributed by atoms with Crippen LogP contribution in [0.15, 0.2) is 0 Å². The monoisotopic (exact) mass is 698 g/mol. The molecule has 0 aromatic rings. The van der Waals surface area contributed by atoms with Crippen molar-refractivity contribution in [1.29, 1.82) is 0 Å². The van der Waals surface area contributed by atoms with Crippen LogP contribution >= 0.6 is 17.2 Å². The molecular weight excluding hydrogens is 638 g/mol. The second kappa shape index (κ2) is 19.0. The number of hydrogen-bond donors (Lipinski definition) is 2. The highest BCUT2D eigenvalue weighted by molar-refractivity contribution is 7.81. The van der Waals surface area contributed by atoms with Crippen molar-refractivity contribution >= 4 is 38.0 Å². The van der Waals surface area contributed by atoms with E-state index in [4.69, 9.17) is 8.37 Å². The van der Waals surface area contributed by atoms with Crippen LogP contribution in [0.2, 0.25) is 0 Å². The minimum atomic E-state index is -4.50. The van der Waals surface area contributed by atoms with Crippen LogP contribution < -0.4 is 0 Å². The predicted molar refractivity (Wildman–Crippen MR) is 182 cm³/mol. The van der Waals surface area contributed by atoms with Gasteiger partial charge in [-0.25, -0.2) is 8.37 Å². The summed E-state index contributed by atoms with van der Waals surface area (Å²) in [5.41, 5.74) is 0.833. The summed E-state index contributed by atoms with van der Waals surface area (Å²) in [7, 11) is -7.54. The van der Waals surface area contributed by atoms with Crippen LogP contribution in [0.3, 0.4) is 0 Å². The van der Waals surface area contributed by atoms with E-state index in [2.05, 4.69) is 0 Å². The molecule has 2 N–H and O–H groups in total. The maximum Gasteiger partial charge on any atom is 0.397 e. The topological polar surface area (TPSA) is 127 Å². The molecule has 0 amide bonds. The molecule has 0 spiro atoms. The fourth-order valence-electron chi connectivity index (χ4n) is 8.92. The quantitative estimate of drug-likeness (QED) is 0.0879. The normalized spacial score (nSPS) is 26.0. The molecule has 4 aliphatic rings. The molecule has 4 fully saturated rings. The van der Waals surface area contributed by atoms with Crippen LogP contribution in [0, 0.1) is 23.7 Å². The molecule has 0 radical (unpaired) electrons. The summed E-state index contributed by atoms with van der Waals surface area (Å²) < 4.78 is 77.7. The van der Waals surface area contributed by atoms with Crippen LogP contribution in [0.25, 0.3) is 0 Å². The van der Waals surface area contributed by atoms with Crippen molar-refractivity contribution in [3.8, 4) is 0 Å². The van der Waals surface area contributed by atoms with Gasteiger partial charge >= 0.3 is 20.8 Å². The molecule has 12 heteroatoms. The summed E-state index contributed by atoms with van der Waals surface area (Å²) in [6, 6.07) is 0. The van der Waals surface area contributed by atoms with E-state index < -0.39 is 33.0 Å². The fourth-order valence-corrected chi connectivity index (χ4v) is 14.0. The van der Waals surface area contributed by atoms with E-state index in [1.807, 2.05) is 0 Å². The van der Waals surface area contributed by atoms with Gasteiger partial charge in [-0.05, 0) is 112 Å². The Hall–Kier alpha value is 0.600. The van der Waals surface area contributed by atoms with Crippen molar-refractivity contribution in [2.45, 2.75) is 165 Å². The summed E-state index contributed by atoms with van der Waals surface area (Å²) in [6.45, 7) is 0. The molecule has 0 aliphatic heterocycles. The summed E-state index contributed by atoms with van der Waals surface area (Å²) in [5.74, 6) is 1.57. The molecule has 4 saturated carbocycles. The average molecular weight is 699 g/mol. The smallest absolute Gasteiger partial charge is 0.264 e. The molecule has 258 valence electrons. The molecule has 2 unspecified atom stereocenters. The molecule has 4 rings (SSSR count). The van der Waals surface area contributed by atoms with Gasteiger partial charge in [-0.2, -0.15) is 16.8 Å². The van der Waals surface area contributed by atoms with E-state index in [1.54, 1.807) is 0 Å². The van der Waals surface area contributed by atoms with Gasteiger partial charge in [0.05, 0.1) is 12.2 Å². The Bertz CT molecular complexity index is 937. The third-order valence-corrected chi connectivity index (χ3v) is 16.2. The number of rotatable bonds is 17. The Morgan fingerprint density at radius 3 is 1.02 bits per heavy atom. The average Bonchev–Trinajstić information content (AvgIpc) is 3.01. The van der Waals surface area contributed by atoms with Crippen LogP contribution in [-0.2, 0) is 29.2 Å². The van der Waals surface area contributed by atoms with Crippen LogP contribution in [-0.4, -0.2) is 61.8 Å². The highest BCUT2D eigenvalue weighted by Gasteiger charge is 2.36. The van der Waals surface area contributed by atoms with E-state index in [0.29, 0.717) is 36.0 Å². The lowest BCUT2D eigenvalue weighted by atomic mass is 9.80. The zero-order valence-electron chi connectivity index (χ0n) is 26.7. The fraction of sp³-hybridized carbons (Fsp3) is 1.00. The second-order valence-corrected chi connectivity index (χ2v) is 19.7. The SMILES string of the molecule is O=S(=O)(O)O[C@@H](C[C@@H](PCCP[C@H](C[C@H](OS(=O)(=O)O)C1CCCCC1)C1CCCCC1)C1CCCCC1)C1CCCCC1. The third kappa shape index (κ3) is 13.6. The highest BCUT2D eigenvalue weighted by atomic mass is 32.3. The van der Waals surface area contributed by atoms with Gasteiger partial charge in [0.15, 0.2) is 0 Å². The van der Waals surface area contributed by atoms with Crippen molar-refractivity contribution in [3.05, 3.63) is 0 Å². The first-order valence-electron chi connectivity index (χ1n) is 17.9. The van der Waals surface area contributed by atoms with Crippen molar-refractivity contribution < 1.29 is 34.3 Å². The second-order valence-electron chi connectivity index (χ2n) is 14.3. The molecule has 0 aromatic carbocycles. The van der Waals surface area contributed by atoms with Gasteiger partial charge in [-0.15, -0.1) is 17.2 Å². The van der Waals surface area contributed by atoms with E-state index >= 15 is 0 Å². The van der Waals surface area contributed by atoms with Crippen LogP contribution in [0.1, 0.15) is 141 Å².